The highest BCUT2D eigenvalue weighted by atomic mass is 16.5. The van der Waals surface area contributed by atoms with Gasteiger partial charge in [0.25, 0.3) is 0 Å². The summed E-state index contributed by atoms with van der Waals surface area (Å²) < 4.78 is 9.51. The maximum Gasteiger partial charge on any atom is 0.323 e. The minimum atomic E-state index is -0.564. The summed E-state index contributed by atoms with van der Waals surface area (Å²) in [6.45, 7) is 4.05. The smallest absolute Gasteiger partial charge is 0.323 e. The number of carbonyl (C=O) groups excluding carboxylic acids is 2. The SMILES string of the molecule is COC(=O)C[C@@H](C(=O)OC)N1CCN(Cc2ccccc2)CC1. The van der Waals surface area contributed by atoms with Crippen LogP contribution in [0, 0.1) is 0 Å². The minimum Gasteiger partial charge on any atom is -0.469 e. The van der Waals surface area contributed by atoms with Crippen LogP contribution in [0.25, 0.3) is 0 Å². The molecule has 1 fully saturated rings. The molecule has 0 spiro atoms. The Morgan fingerprint density at radius 1 is 1.04 bits per heavy atom. The van der Waals surface area contributed by atoms with E-state index in [1.54, 1.807) is 0 Å². The van der Waals surface area contributed by atoms with Gasteiger partial charge in [-0.1, -0.05) is 30.3 Å². The molecule has 1 saturated heterocycles. The number of hydrogen-bond acceptors (Lipinski definition) is 6. The number of nitrogens with zero attached hydrogens (tertiary/aromatic N) is 2. The summed E-state index contributed by atoms with van der Waals surface area (Å²) in [7, 11) is 2.67. The van der Waals surface area contributed by atoms with Crippen molar-refractivity contribution in [1.29, 1.82) is 0 Å². The topological polar surface area (TPSA) is 59.1 Å². The molecule has 6 heteroatoms. The summed E-state index contributed by atoms with van der Waals surface area (Å²) in [5, 5.41) is 0. The summed E-state index contributed by atoms with van der Waals surface area (Å²) in [5.41, 5.74) is 1.28. The summed E-state index contributed by atoms with van der Waals surface area (Å²) in [5.74, 6) is -0.779. The zero-order chi connectivity index (χ0) is 16.7. The Kier molecular flexibility index (Phi) is 6.55. The quantitative estimate of drug-likeness (QED) is 0.726. The minimum absolute atomic E-state index is 0.0296. The highest BCUT2D eigenvalue weighted by molar-refractivity contribution is 5.82. The third-order valence-corrected chi connectivity index (χ3v) is 4.16. The number of rotatable bonds is 6. The lowest BCUT2D eigenvalue weighted by molar-refractivity contribution is -0.154. The molecule has 1 aromatic rings. The molecular formula is C17H24N2O4. The Balaban J connectivity index is 1.90. The van der Waals surface area contributed by atoms with Crippen molar-refractivity contribution < 1.29 is 19.1 Å². The standard InChI is InChI=1S/C17H24N2O4/c1-22-16(20)12-15(17(21)23-2)19-10-8-18(9-11-19)13-14-6-4-3-5-7-14/h3-7,15H,8-13H2,1-2H3/t15-/m0/s1. The van der Waals surface area contributed by atoms with E-state index in [-0.39, 0.29) is 12.4 Å². The van der Waals surface area contributed by atoms with Gasteiger partial charge in [0.2, 0.25) is 0 Å². The van der Waals surface area contributed by atoms with Crippen LogP contribution >= 0.6 is 0 Å². The molecule has 0 amide bonds. The number of carbonyl (C=O) groups is 2. The highest BCUT2D eigenvalue weighted by Gasteiger charge is 2.32. The number of benzene rings is 1. The maximum absolute atomic E-state index is 11.9. The molecule has 0 N–H and O–H groups in total. The van der Waals surface area contributed by atoms with E-state index in [1.165, 1.54) is 19.8 Å². The van der Waals surface area contributed by atoms with Crippen LogP contribution in [0.4, 0.5) is 0 Å². The van der Waals surface area contributed by atoms with Crippen molar-refractivity contribution in [2.45, 2.75) is 19.0 Å². The van der Waals surface area contributed by atoms with Gasteiger partial charge >= 0.3 is 11.9 Å². The summed E-state index contributed by atoms with van der Waals surface area (Å²) in [6.07, 6.45) is 0.0296. The molecule has 1 aliphatic heterocycles. The molecule has 0 bridgehead atoms. The average molecular weight is 320 g/mol. The van der Waals surface area contributed by atoms with Crippen molar-refractivity contribution in [3.63, 3.8) is 0 Å². The Hall–Kier alpha value is -1.92. The molecule has 1 atom stereocenters. The molecule has 1 aliphatic rings. The zero-order valence-corrected chi connectivity index (χ0v) is 13.7. The van der Waals surface area contributed by atoms with Crippen LogP contribution < -0.4 is 0 Å². The van der Waals surface area contributed by atoms with Gasteiger partial charge in [-0.05, 0) is 5.56 Å². The zero-order valence-electron chi connectivity index (χ0n) is 13.7. The Morgan fingerprint density at radius 3 is 2.26 bits per heavy atom. The van der Waals surface area contributed by atoms with Crippen molar-refractivity contribution in [3.05, 3.63) is 35.9 Å². The molecule has 0 radical (unpaired) electrons. The first kappa shape index (κ1) is 17.4. The van der Waals surface area contributed by atoms with Crippen molar-refractivity contribution >= 4 is 11.9 Å². The van der Waals surface area contributed by atoms with Crippen molar-refractivity contribution in [3.8, 4) is 0 Å². The van der Waals surface area contributed by atoms with Gasteiger partial charge in [0.15, 0.2) is 0 Å². The van der Waals surface area contributed by atoms with Gasteiger partial charge in [-0.3, -0.25) is 19.4 Å². The first-order valence-electron chi connectivity index (χ1n) is 7.79. The third-order valence-electron chi connectivity index (χ3n) is 4.16. The molecule has 0 aliphatic carbocycles. The maximum atomic E-state index is 11.9. The Morgan fingerprint density at radius 2 is 1.70 bits per heavy atom. The van der Waals surface area contributed by atoms with E-state index in [0.29, 0.717) is 0 Å². The highest BCUT2D eigenvalue weighted by Crippen LogP contribution is 2.14. The van der Waals surface area contributed by atoms with Crippen molar-refractivity contribution in [2.24, 2.45) is 0 Å². The normalized spacial score (nSPS) is 17.5. The van der Waals surface area contributed by atoms with Gasteiger partial charge in [0.1, 0.15) is 6.04 Å². The van der Waals surface area contributed by atoms with E-state index in [2.05, 4.69) is 21.8 Å². The first-order chi connectivity index (χ1) is 11.1. The van der Waals surface area contributed by atoms with E-state index in [4.69, 9.17) is 4.74 Å². The van der Waals surface area contributed by atoms with E-state index in [9.17, 15) is 9.59 Å². The Labute approximate surface area is 137 Å². The molecule has 0 aromatic heterocycles. The van der Waals surface area contributed by atoms with Crippen LogP contribution in [0.5, 0.6) is 0 Å². The molecule has 0 unspecified atom stereocenters. The first-order valence-corrected chi connectivity index (χ1v) is 7.79. The third kappa shape index (κ3) is 5.04. The Bertz CT molecular complexity index is 513. The number of ether oxygens (including phenoxy) is 2. The van der Waals surface area contributed by atoms with Crippen LogP contribution in [0.3, 0.4) is 0 Å². The van der Waals surface area contributed by atoms with Crippen LogP contribution in [0.15, 0.2) is 30.3 Å². The van der Waals surface area contributed by atoms with Gasteiger partial charge in [-0.15, -0.1) is 0 Å². The summed E-state index contributed by atoms with van der Waals surface area (Å²) in [6, 6.07) is 9.74. The molecular weight excluding hydrogens is 296 g/mol. The fourth-order valence-electron chi connectivity index (χ4n) is 2.81. The van der Waals surface area contributed by atoms with Crippen LogP contribution in [0.1, 0.15) is 12.0 Å². The molecule has 0 saturated carbocycles. The van der Waals surface area contributed by atoms with Crippen LogP contribution in [-0.2, 0) is 25.6 Å². The lowest BCUT2D eigenvalue weighted by atomic mass is 10.1. The van der Waals surface area contributed by atoms with Crippen molar-refractivity contribution in [1.82, 2.24) is 9.80 Å². The second kappa shape index (κ2) is 8.64. The lowest BCUT2D eigenvalue weighted by Crippen LogP contribution is -2.53. The van der Waals surface area contributed by atoms with E-state index < -0.39 is 12.0 Å². The fraction of sp³-hybridized carbons (Fsp3) is 0.529. The van der Waals surface area contributed by atoms with E-state index in [1.807, 2.05) is 23.1 Å². The molecule has 2 rings (SSSR count). The predicted molar refractivity (Wildman–Crippen MR) is 85.7 cm³/mol. The molecule has 1 heterocycles. The van der Waals surface area contributed by atoms with Crippen molar-refractivity contribution in [2.75, 3.05) is 40.4 Å². The number of esters is 2. The number of hydrogen-bond donors (Lipinski definition) is 0. The average Bonchev–Trinajstić information content (AvgIpc) is 2.60. The van der Waals surface area contributed by atoms with Gasteiger partial charge in [-0.2, -0.15) is 0 Å². The molecule has 1 aromatic carbocycles. The largest absolute Gasteiger partial charge is 0.469 e. The molecule has 6 nitrogen and oxygen atoms in total. The number of piperazine rings is 1. The van der Waals surface area contributed by atoms with Gasteiger partial charge in [0, 0.05) is 32.7 Å². The van der Waals surface area contributed by atoms with Crippen LogP contribution in [0.2, 0.25) is 0 Å². The summed E-state index contributed by atoms with van der Waals surface area (Å²) >= 11 is 0. The second-order valence-corrected chi connectivity index (χ2v) is 5.62. The second-order valence-electron chi connectivity index (χ2n) is 5.62. The molecule has 23 heavy (non-hydrogen) atoms. The number of methoxy groups -OCH3 is 2. The fourth-order valence-corrected chi connectivity index (χ4v) is 2.81. The van der Waals surface area contributed by atoms with Gasteiger partial charge in [0.05, 0.1) is 20.6 Å². The lowest BCUT2D eigenvalue weighted by Gasteiger charge is -2.37. The predicted octanol–water partition coefficient (Wildman–Crippen LogP) is 0.909. The van der Waals surface area contributed by atoms with E-state index in [0.717, 1.165) is 32.7 Å². The molecule has 126 valence electrons. The monoisotopic (exact) mass is 320 g/mol. The van der Waals surface area contributed by atoms with Gasteiger partial charge in [-0.25, -0.2) is 0 Å². The summed E-state index contributed by atoms with van der Waals surface area (Å²) in [4.78, 5) is 27.8. The van der Waals surface area contributed by atoms with E-state index >= 15 is 0 Å². The van der Waals surface area contributed by atoms with Gasteiger partial charge < -0.3 is 9.47 Å². The van der Waals surface area contributed by atoms with Crippen LogP contribution in [-0.4, -0.2) is 68.2 Å².